The Morgan fingerprint density at radius 3 is 2.44 bits per heavy atom. The number of rotatable bonds is 4. The molecule has 0 radical (unpaired) electrons. The summed E-state index contributed by atoms with van der Waals surface area (Å²) in [5.41, 5.74) is 4.28. The van der Waals surface area contributed by atoms with Gasteiger partial charge in [-0.1, -0.05) is 6.07 Å². The predicted octanol–water partition coefficient (Wildman–Crippen LogP) is 3.91. The van der Waals surface area contributed by atoms with Crippen molar-refractivity contribution >= 4 is 15.7 Å². The summed E-state index contributed by atoms with van der Waals surface area (Å²) in [5, 5.41) is 3.76. The number of anilines is 1. The molecule has 0 atom stereocenters. The molecule has 3 heterocycles. The van der Waals surface area contributed by atoms with E-state index in [0.29, 0.717) is 37.4 Å². The number of piperidine rings is 1. The van der Waals surface area contributed by atoms with Crippen molar-refractivity contribution in [3.8, 4) is 17.2 Å². The van der Waals surface area contributed by atoms with Gasteiger partial charge in [0.15, 0.2) is 11.5 Å². The minimum Gasteiger partial charge on any atom is -0.493 e. The first-order valence-electron chi connectivity index (χ1n) is 10.7. The molecule has 32 heavy (non-hydrogen) atoms. The topological polar surface area (TPSA) is 72.8 Å². The number of hydrogen-bond donors (Lipinski definition) is 1. The van der Waals surface area contributed by atoms with E-state index in [0.717, 1.165) is 11.4 Å². The molecule has 168 valence electrons. The number of fused-ring (bicyclic) bond motifs is 4. The van der Waals surface area contributed by atoms with Gasteiger partial charge in [-0.2, -0.15) is 4.31 Å². The summed E-state index contributed by atoms with van der Waals surface area (Å²) in [6, 6.07) is 15.3. The normalized spacial score (nSPS) is 17.3. The zero-order valence-electron chi connectivity index (χ0n) is 18.5. The van der Waals surface area contributed by atoms with E-state index in [-0.39, 0.29) is 10.4 Å². The summed E-state index contributed by atoms with van der Waals surface area (Å²) in [4.78, 5) is 0.215. The first kappa shape index (κ1) is 20.9. The number of aromatic nitrogens is 1. The van der Waals surface area contributed by atoms with Crippen LogP contribution in [-0.4, -0.2) is 44.6 Å². The van der Waals surface area contributed by atoms with Gasteiger partial charge in [0.2, 0.25) is 10.0 Å². The summed E-state index contributed by atoms with van der Waals surface area (Å²) in [6.07, 6.45) is 3.44. The maximum Gasteiger partial charge on any atom is 0.243 e. The lowest BCUT2D eigenvalue weighted by atomic mass is 9.83. The Kier molecular flexibility index (Phi) is 4.94. The highest BCUT2D eigenvalue weighted by Gasteiger charge is 2.44. The number of aryl methyl sites for hydroxylation is 1. The lowest BCUT2D eigenvalue weighted by Crippen LogP contribution is -2.51. The number of ether oxygens (including phenoxy) is 2. The molecule has 2 aliphatic rings. The maximum absolute atomic E-state index is 13.4. The first-order chi connectivity index (χ1) is 15.4. The highest BCUT2D eigenvalue weighted by Crippen LogP contribution is 2.44. The molecule has 1 spiro atoms. The van der Waals surface area contributed by atoms with Crippen LogP contribution < -0.4 is 14.8 Å². The van der Waals surface area contributed by atoms with Gasteiger partial charge in [0.05, 0.1) is 36.0 Å². The minimum absolute atomic E-state index is 0.215. The molecule has 0 aliphatic carbocycles. The van der Waals surface area contributed by atoms with Crippen molar-refractivity contribution < 1.29 is 17.9 Å². The van der Waals surface area contributed by atoms with E-state index in [1.54, 1.807) is 16.4 Å². The third-order valence-corrected chi connectivity index (χ3v) is 8.49. The highest BCUT2D eigenvalue weighted by atomic mass is 32.2. The minimum atomic E-state index is -3.64. The molecule has 1 aromatic heterocycles. The van der Waals surface area contributed by atoms with Gasteiger partial charge >= 0.3 is 0 Å². The van der Waals surface area contributed by atoms with Crippen LogP contribution in [0.3, 0.4) is 0 Å². The quantitative estimate of drug-likeness (QED) is 0.649. The lowest BCUT2D eigenvalue weighted by Gasteiger charge is -2.46. The molecule has 1 saturated heterocycles. The molecule has 1 N–H and O–H groups in total. The van der Waals surface area contributed by atoms with E-state index >= 15 is 0 Å². The largest absolute Gasteiger partial charge is 0.493 e. The van der Waals surface area contributed by atoms with Crippen molar-refractivity contribution in [2.45, 2.75) is 30.2 Å². The lowest BCUT2D eigenvalue weighted by molar-refractivity contribution is 0.247. The molecule has 3 aromatic rings. The molecule has 7 nitrogen and oxygen atoms in total. The standard InChI is InChI=1S/C24H27N3O4S/c1-17-6-8-20-19(15-17)25-24(23-5-4-12-27(20)23)10-13-26(14-11-24)32(28,29)18-7-9-21(30-2)22(16-18)31-3/h4-9,12,15-16,25H,10-11,13-14H2,1-3H3. The molecule has 0 saturated carbocycles. The third-order valence-electron chi connectivity index (χ3n) is 6.59. The molecule has 0 amide bonds. The summed E-state index contributed by atoms with van der Waals surface area (Å²) in [7, 11) is -0.610. The molecule has 0 bridgehead atoms. The Morgan fingerprint density at radius 2 is 1.72 bits per heavy atom. The van der Waals surface area contributed by atoms with Gasteiger partial charge < -0.3 is 19.4 Å². The number of methoxy groups -OCH3 is 2. The van der Waals surface area contributed by atoms with Crippen LogP contribution in [0.1, 0.15) is 24.1 Å². The zero-order valence-corrected chi connectivity index (χ0v) is 19.3. The molecule has 5 rings (SSSR count). The van der Waals surface area contributed by atoms with Crippen molar-refractivity contribution in [1.82, 2.24) is 8.87 Å². The second-order valence-corrected chi connectivity index (χ2v) is 10.3. The molecule has 8 heteroatoms. The molecule has 0 unspecified atom stereocenters. The van der Waals surface area contributed by atoms with Crippen LogP contribution in [0.25, 0.3) is 5.69 Å². The van der Waals surface area contributed by atoms with E-state index < -0.39 is 10.0 Å². The average Bonchev–Trinajstić information content (AvgIpc) is 3.30. The van der Waals surface area contributed by atoms with Crippen LogP contribution in [0, 0.1) is 6.92 Å². The van der Waals surface area contributed by atoms with Gasteiger partial charge in [-0.15, -0.1) is 0 Å². The Bertz CT molecular complexity index is 1270. The van der Waals surface area contributed by atoms with Gasteiger partial charge in [-0.05, 0) is 61.7 Å². The van der Waals surface area contributed by atoms with Gasteiger partial charge in [0, 0.05) is 31.0 Å². The van der Waals surface area contributed by atoms with Crippen molar-refractivity contribution in [3.63, 3.8) is 0 Å². The Morgan fingerprint density at radius 1 is 0.969 bits per heavy atom. The van der Waals surface area contributed by atoms with Gasteiger partial charge in [0.25, 0.3) is 0 Å². The van der Waals surface area contributed by atoms with Crippen LogP contribution in [0.5, 0.6) is 11.5 Å². The number of sulfonamides is 1. The summed E-state index contributed by atoms with van der Waals surface area (Å²) >= 11 is 0. The van der Waals surface area contributed by atoms with Crippen LogP contribution in [0.4, 0.5) is 5.69 Å². The van der Waals surface area contributed by atoms with Gasteiger partial charge in [-0.3, -0.25) is 0 Å². The zero-order chi connectivity index (χ0) is 22.5. The van der Waals surface area contributed by atoms with Gasteiger partial charge in [0.1, 0.15) is 0 Å². The predicted molar refractivity (Wildman–Crippen MR) is 123 cm³/mol. The van der Waals surface area contributed by atoms with Crippen LogP contribution in [0.2, 0.25) is 0 Å². The maximum atomic E-state index is 13.4. The van der Waals surface area contributed by atoms with Crippen molar-refractivity contribution in [3.05, 3.63) is 66.0 Å². The van der Waals surface area contributed by atoms with Crippen molar-refractivity contribution in [2.24, 2.45) is 0 Å². The Balaban J connectivity index is 1.43. The van der Waals surface area contributed by atoms with Crippen molar-refractivity contribution in [2.75, 3.05) is 32.6 Å². The summed E-state index contributed by atoms with van der Waals surface area (Å²) in [6.45, 7) is 2.93. The number of hydrogen-bond acceptors (Lipinski definition) is 5. The number of nitrogens with zero attached hydrogens (tertiary/aromatic N) is 2. The summed E-state index contributed by atoms with van der Waals surface area (Å²) < 4.78 is 41.1. The number of nitrogens with one attached hydrogen (secondary N) is 1. The Labute approximate surface area is 188 Å². The van der Waals surface area contributed by atoms with Crippen LogP contribution in [-0.2, 0) is 15.6 Å². The van der Waals surface area contributed by atoms with E-state index in [1.165, 1.54) is 31.5 Å². The SMILES string of the molecule is COc1ccc(S(=O)(=O)N2CCC3(CC2)Nc2cc(C)ccc2-n2cccc23)cc1OC. The van der Waals surface area contributed by atoms with Crippen molar-refractivity contribution in [1.29, 1.82) is 0 Å². The molecular weight excluding hydrogens is 426 g/mol. The molecule has 2 aliphatic heterocycles. The molecular formula is C24H27N3O4S. The average molecular weight is 454 g/mol. The van der Waals surface area contributed by atoms with Crippen LogP contribution in [0.15, 0.2) is 59.6 Å². The van der Waals surface area contributed by atoms with Crippen LogP contribution >= 0.6 is 0 Å². The fraction of sp³-hybridized carbons (Fsp3) is 0.333. The van der Waals surface area contributed by atoms with E-state index in [9.17, 15) is 8.42 Å². The monoisotopic (exact) mass is 453 g/mol. The van der Waals surface area contributed by atoms with E-state index in [2.05, 4.69) is 53.3 Å². The van der Waals surface area contributed by atoms with Gasteiger partial charge in [-0.25, -0.2) is 8.42 Å². The first-order valence-corrected chi connectivity index (χ1v) is 12.1. The molecule has 1 fully saturated rings. The second-order valence-electron chi connectivity index (χ2n) is 8.41. The summed E-state index contributed by atoms with van der Waals surface area (Å²) in [5.74, 6) is 0.908. The Hall–Kier alpha value is -2.97. The number of benzene rings is 2. The highest BCUT2D eigenvalue weighted by molar-refractivity contribution is 7.89. The molecule has 2 aromatic carbocycles. The fourth-order valence-corrected chi connectivity index (χ4v) is 6.34. The van der Waals surface area contributed by atoms with E-state index in [4.69, 9.17) is 9.47 Å². The third kappa shape index (κ3) is 3.17. The second kappa shape index (κ2) is 7.56. The fourth-order valence-electron chi connectivity index (χ4n) is 4.88. The van der Waals surface area contributed by atoms with E-state index in [1.807, 2.05) is 0 Å². The smallest absolute Gasteiger partial charge is 0.243 e.